The van der Waals surface area contributed by atoms with E-state index in [1.807, 2.05) is 0 Å². The molecule has 1 fully saturated rings. The fourth-order valence-electron chi connectivity index (χ4n) is 2.73. The molecule has 8 nitrogen and oxygen atoms in total. The minimum absolute atomic E-state index is 0.0686. The monoisotopic (exact) mass is 377 g/mol. The van der Waals surface area contributed by atoms with Crippen molar-refractivity contribution >= 4 is 17.3 Å². The van der Waals surface area contributed by atoms with Gasteiger partial charge in [-0.2, -0.15) is 17.7 Å². The van der Waals surface area contributed by atoms with Crippen molar-refractivity contribution in [2.45, 2.75) is 12.8 Å². The molecule has 12 heteroatoms. The maximum atomic E-state index is 13.4. The molecule has 0 atom stereocenters. The first-order valence-electron chi connectivity index (χ1n) is 7.70. The van der Waals surface area contributed by atoms with Gasteiger partial charge in [0.05, 0.1) is 5.69 Å². The van der Waals surface area contributed by atoms with Crippen molar-refractivity contribution in [1.82, 2.24) is 19.9 Å². The van der Waals surface area contributed by atoms with E-state index in [4.69, 9.17) is 0 Å². The van der Waals surface area contributed by atoms with E-state index >= 15 is 0 Å². The van der Waals surface area contributed by atoms with Crippen molar-refractivity contribution in [3.8, 4) is 0 Å². The summed E-state index contributed by atoms with van der Waals surface area (Å²) in [6, 6.07) is 0.927. The number of piperazine rings is 1. The fraction of sp³-hybridized carbons (Fsp3) is 0.500. The summed E-state index contributed by atoms with van der Waals surface area (Å²) in [4.78, 5) is 28.6. The smallest absolute Gasteiger partial charge is 0.434 e. The van der Waals surface area contributed by atoms with Crippen molar-refractivity contribution in [2.75, 3.05) is 37.8 Å². The number of carbonyl (C=O) groups excluding carboxylic acids is 1. The number of H-pyrrole nitrogens is 1. The van der Waals surface area contributed by atoms with E-state index in [0.717, 1.165) is 6.07 Å². The largest absolute Gasteiger partial charge is 0.457 e. The number of anilines is 1. The van der Waals surface area contributed by atoms with E-state index < -0.39 is 36.7 Å². The Morgan fingerprint density at radius 3 is 2.62 bits per heavy atom. The lowest BCUT2D eigenvalue weighted by Crippen LogP contribution is -2.44. The highest BCUT2D eigenvalue weighted by molar-refractivity contribution is 5.73. The van der Waals surface area contributed by atoms with Crippen LogP contribution in [0.4, 0.5) is 23.2 Å². The first-order chi connectivity index (χ1) is 12.3. The van der Waals surface area contributed by atoms with Crippen LogP contribution in [-0.2, 0) is 22.3 Å². The Labute approximate surface area is 143 Å². The molecule has 0 amide bonds. The fourth-order valence-corrected chi connectivity index (χ4v) is 2.73. The number of carbonyl (C=O) groups is 1. The van der Waals surface area contributed by atoms with Crippen LogP contribution in [0.1, 0.15) is 11.4 Å². The van der Waals surface area contributed by atoms with E-state index in [1.165, 1.54) is 4.90 Å². The number of nitrogens with zero attached hydrogens (tertiary/aromatic N) is 3. The van der Waals surface area contributed by atoms with Crippen LogP contribution in [0.25, 0.3) is 5.65 Å². The van der Waals surface area contributed by atoms with Gasteiger partial charge in [0.15, 0.2) is 18.0 Å². The summed E-state index contributed by atoms with van der Waals surface area (Å²) in [5.41, 5.74) is -2.41. The van der Waals surface area contributed by atoms with Crippen molar-refractivity contribution in [3.63, 3.8) is 0 Å². The standard InChI is InChI=1S/C14H15F4N5O3/c15-6-10(25)26-7-8-5-9(24)23-13(20-8)11(12(21-23)14(16,17)18)22-3-1-19-2-4-22/h5,19,21H,1-4,6-7H2. The van der Waals surface area contributed by atoms with Crippen LogP contribution in [0.15, 0.2) is 10.9 Å². The van der Waals surface area contributed by atoms with Gasteiger partial charge in [0, 0.05) is 32.2 Å². The molecule has 26 heavy (non-hydrogen) atoms. The van der Waals surface area contributed by atoms with Gasteiger partial charge in [-0.05, 0) is 0 Å². The van der Waals surface area contributed by atoms with Crippen LogP contribution in [0.3, 0.4) is 0 Å². The lowest BCUT2D eigenvalue weighted by Gasteiger charge is -2.29. The maximum absolute atomic E-state index is 13.4. The molecule has 2 aromatic heterocycles. The second-order valence-corrected chi connectivity index (χ2v) is 5.61. The zero-order valence-electron chi connectivity index (χ0n) is 13.4. The van der Waals surface area contributed by atoms with Crippen LogP contribution in [0.2, 0.25) is 0 Å². The summed E-state index contributed by atoms with van der Waals surface area (Å²) in [5.74, 6) is -1.15. The van der Waals surface area contributed by atoms with Gasteiger partial charge >= 0.3 is 12.1 Å². The molecule has 2 N–H and O–H groups in total. The van der Waals surface area contributed by atoms with Gasteiger partial charge in [-0.15, -0.1) is 0 Å². The molecule has 142 valence electrons. The van der Waals surface area contributed by atoms with Gasteiger partial charge in [0.25, 0.3) is 5.56 Å². The van der Waals surface area contributed by atoms with Crippen molar-refractivity contribution in [1.29, 1.82) is 0 Å². The summed E-state index contributed by atoms with van der Waals surface area (Å²) in [6.45, 7) is -0.307. The number of aromatic nitrogens is 3. The molecular formula is C14H15F4N5O3. The molecule has 0 spiro atoms. The lowest BCUT2D eigenvalue weighted by molar-refractivity contribution is -0.146. The predicted octanol–water partition coefficient (Wildman–Crippen LogP) is 0.464. The van der Waals surface area contributed by atoms with E-state index in [0.29, 0.717) is 30.7 Å². The third-order valence-electron chi connectivity index (χ3n) is 3.85. The third-order valence-corrected chi connectivity index (χ3v) is 3.85. The average Bonchev–Trinajstić information content (AvgIpc) is 3.01. The van der Waals surface area contributed by atoms with Crippen LogP contribution in [-0.4, -0.2) is 53.4 Å². The highest BCUT2D eigenvalue weighted by Gasteiger charge is 2.39. The molecular weight excluding hydrogens is 362 g/mol. The first-order valence-corrected chi connectivity index (χ1v) is 7.70. The number of hydrogen-bond donors (Lipinski definition) is 2. The van der Waals surface area contributed by atoms with Crippen LogP contribution in [0, 0.1) is 0 Å². The molecule has 0 saturated carbocycles. The minimum Gasteiger partial charge on any atom is -0.457 e. The molecule has 0 aromatic carbocycles. The van der Waals surface area contributed by atoms with Gasteiger partial charge in [-0.25, -0.2) is 14.2 Å². The average molecular weight is 377 g/mol. The van der Waals surface area contributed by atoms with Gasteiger partial charge in [0.2, 0.25) is 0 Å². The molecule has 0 bridgehead atoms. The number of alkyl halides is 4. The Bertz CT molecular complexity index is 870. The molecule has 3 rings (SSSR count). The number of aromatic amines is 1. The molecule has 0 aliphatic carbocycles. The Morgan fingerprint density at radius 2 is 2.00 bits per heavy atom. The van der Waals surface area contributed by atoms with Crippen LogP contribution in [0.5, 0.6) is 0 Å². The van der Waals surface area contributed by atoms with Gasteiger partial charge in [0.1, 0.15) is 12.3 Å². The topological polar surface area (TPSA) is 91.7 Å². The summed E-state index contributed by atoms with van der Waals surface area (Å²) >= 11 is 0. The number of esters is 1. The zero-order chi connectivity index (χ0) is 18.9. The molecule has 1 aliphatic heterocycles. The van der Waals surface area contributed by atoms with Crippen molar-refractivity contribution < 1.29 is 27.1 Å². The normalized spacial score (nSPS) is 15.5. The number of rotatable bonds is 4. The number of halogens is 4. The molecule has 0 radical (unpaired) electrons. The van der Waals surface area contributed by atoms with Gasteiger partial charge in [-0.3, -0.25) is 9.89 Å². The molecule has 1 aliphatic rings. The van der Waals surface area contributed by atoms with E-state index in [2.05, 4.69) is 20.1 Å². The number of ether oxygens (including phenoxy) is 1. The summed E-state index contributed by atoms with van der Waals surface area (Å²) in [7, 11) is 0. The molecule has 2 aromatic rings. The van der Waals surface area contributed by atoms with Gasteiger partial charge < -0.3 is 15.0 Å². The highest BCUT2D eigenvalue weighted by atomic mass is 19.4. The lowest BCUT2D eigenvalue weighted by atomic mass is 10.2. The van der Waals surface area contributed by atoms with E-state index in [1.54, 1.807) is 0 Å². The number of fused-ring (bicyclic) bond motifs is 1. The highest BCUT2D eigenvalue weighted by Crippen LogP contribution is 2.37. The van der Waals surface area contributed by atoms with E-state index in [9.17, 15) is 27.2 Å². The second kappa shape index (κ2) is 6.94. The van der Waals surface area contributed by atoms with Gasteiger partial charge in [-0.1, -0.05) is 0 Å². The zero-order valence-corrected chi connectivity index (χ0v) is 13.4. The number of nitrogens with one attached hydrogen (secondary N) is 2. The number of hydrogen-bond acceptors (Lipinski definition) is 6. The minimum atomic E-state index is -4.72. The predicted molar refractivity (Wildman–Crippen MR) is 81.7 cm³/mol. The van der Waals surface area contributed by atoms with Crippen molar-refractivity contribution in [3.05, 3.63) is 27.8 Å². The molecule has 0 unspecified atom stereocenters. The third kappa shape index (κ3) is 3.49. The first kappa shape index (κ1) is 18.2. The van der Waals surface area contributed by atoms with Crippen LogP contribution < -0.4 is 15.8 Å². The molecule has 3 heterocycles. The quantitative estimate of drug-likeness (QED) is 0.594. The Hall–Kier alpha value is -2.63. The Kier molecular flexibility index (Phi) is 4.85. The van der Waals surface area contributed by atoms with E-state index in [-0.39, 0.29) is 17.0 Å². The summed E-state index contributed by atoms with van der Waals surface area (Å²) in [6.07, 6.45) is -4.72. The SMILES string of the molecule is O=C(CF)OCc1cc(=O)n2[nH]c(C(F)(F)F)c(N3CCNCC3)c2n1. The molecule has 1 saturated heterocycles. The van der Waals surface area contributed by atoms with Crippen molar-refractivity contribution in [2.24, 2.45) is 0 Å². The summed E-state index contributed by atoms with van der Waals surface area (Å²) in [5, 5.41) is 5.09. The summed E-state index contributed by atoms with van der Waals surface area (Å²) < 4.78 is 57.8. The Morgan fingerprint density at radius 1 is 1.31 bits per heavy atom. The second-order valence-electron chi connectivity index (χ2n) is 5.61. The maximum Gasteiger partial charge on any atom is 0.434 e. The van der Waals surface area contributed by atoms with Crippen LogP contribution >= 0.6 is 0 Å². The Balaban J connectivity index is 2.11.